The predicted molar refractivity (Wildman–Crippen MR) is 71.4 cm³/mol. The summed E-state index contributed by atoms with van der Waals surface area (Å²) in [5, 5.41) is 8.57. The average molecular weight is 233 g/mol. The van der Waals surface area contributed by atoms with Crippen molar-refractivity contribution < 1.29 is 9.90 Å². The first-order valence-electron chi connectivity index (χ1n) is 5.85. The maximum absolute atomic E-state index is 10.4. The molecule has 0 fully saturated rings. The van der Waals surface area contributed by atoms with Crippen molar-refractivity contribution in [1.29, 1.82) is 0 Å². The minimum Gasteiger partial charge on any atom is -0.478 e. The molecule has 1 N–H and O–H groups in total. The summed E-state index contributed by atoms with van der Waals surface area (Å²) in [5.41, 5.74) is 3.30. The van der Waals surface area contributed by atoms with Crippen molar-refractivity contribution in [2.45, 2.75) is 20.8 Å². The third kappa shape index (κ3) is 3.63. The molecule has 0 atom stereocenters. The van der Waals surface area contributed by atoms with Crippen LogP contribution < -0.4 is 4.90 Å². The minimum absolute atomic E-state index is 0.917. The number of aryl methyl sites for hydroxylation is 1. The van der Waals surface area contributed by atoms with Gasteiger partial charge in [0.25, 0.3) is 0 Å². The summed E-state index contributed by atoms with van der Waals surface area (Å²) in [7, 11) is 0. The number of benzene rings is 1. The summed E-state index contributed by atoms with van der Waals surface area (Å²) in [6.45, 7) is 8.25. The molecule has 3 nitrogen and oxygen atoms in total. The Bertz CT molecular complexity index is 420. The zero-order chi connectivity index (χ0) is 12.8. The molecular weight excluding hydrogens is 214 g/mol. The maximum Gasteiger partial charge on any atom is 0.328 e. The first-order chi connectivity index (χ1) is 8.08. The van der Waals surface area contributed by atoms with Crippen LogP contribution in [0.4, 0.5) is 5.69 Å². The van der Waals surface area contributed by atoms with E-state index >= 15 is 0 Å². The minimum atomic E-state index is -0.921. The van der Waals surface area contributed by atoms with E-state index in [4.69, 9.17) is 5.11 Å². The molecule has 3 heteroatoms. The molecule has 1 aromatic carbocycles. The predicted octanol–water partition coefficient (Wildman–Crippen LogP) is 2.94. The molecule has 92 valence electrons. The summed E-state index contributed by atoms with van der Waals surface area (Å²) in [4.78, 5) is 12.7. The van der Waals surface area contributed by atoms with Crippen LogP contribution in [0.5, 0.6) is 0 Å². The van der Waals surface area contributed by atoms with Crippen molar-refractivity contribution in [1.82, 2.24) is 0 Å². The summed E-state index contributed by atoms with van der Waals surface area (Å²) in [6.07, 6.45) is 2.77. The van der Waals surface area contributed by atoms with Crippen LogP contribution in [0.1, 0.15) is 25.0 Å². The Labute approximate surface area is 102 Å². The Morgan fingerprint density at radius 1 is 1.35 bits per heavy atom. The second-order valence-corrected chi connectivity index (χ2v) is 3.89. The fourth-order valence-electron chi connectivity index (χ4n) is 1.87. The number of rotatable bonds is 5. The molecule has 0 unspecified atom stereocenters. The Hall–Kier alpha value is -1.77. The van der Waals surface area contributed by atoms with Crippen LogP contribution in [0.15, 0.2) is 24.3 Å². The van der Waals surface area contributed by atoms with Crippen molar-refractivity contribution in [3.63, 3.8) is 0 Å². The average Bonchev–Trinajstić information content (AvgIpc) is 2.30. The van der Waals surface area contributed by atoms with Gasteiger partial charge >= 0.3 is 5.97 Å². The van der Waals surface area contributed by atoms with Gasteiger partial charge in [-0.15, -0.1) is 0 Å². The third-order valence-corrected chi connectivity index (χ3v) is 2.74. The van der Waals surface area contributed by atoms with E-state index in [0.29, 0.717) is 0 Å². The Morgan fingerprint density at radius 2 is 2.00 bits per heavy atom. The van der Waals surface area contributed by atoms with E-state index in [1.807, 2.05) is 25.1 Å². The Kier molecular flexibility index (Phi) is 4.76. The molecule has 0 bridgehead atoms. The molecule has 0 radical (unpaired) electrons. The van der Waals surface area contributed by atoms with E-state index in [9.17, 15) is 4.79 Å². The normalized spacial score (nSPS) is 10.8. The lowest BCUT2D eigenvalue weighted by Gasteiger charge is -2.23. The second kappa shape index (κ2) is 6.09. The molecule has 17 heavy (non-hydrogen) atoms. The van der Waals surface area contributed by atoms with Crippen LogP contribution in [-0.2, 0) is 4.79 Å². The fourth-order valence-corrected chi connectivity index (χ4v) is 1.87. The maximum atomic E-state index is 10.4. The summed E-state index contributed by atoms with van der Waals surface area (Å²) in [5.74, 6) is -0.921. The zero-order valence-corrected chi connectivity index (χ0v) is 10.6. The number of nitrogens with zero attached hydrogens (tertiary/aromatic N) is 1. The molecule has 1 rings (SSSR count). The van der Waals surface area contributed by atoms with Gasteiger partial charge in [0.2, 0.25) is 0 Å². The van der Waals surface area contributed by atoms with Crippen LogP contribution in [-0.4, -0.2) is 24.2 Å². The number of carboxylic acid groups (broad SMARTS) is 1. The highest BCUT2D eigenvalue weighted by Crippen LogP contribution is 2.21. The lowest BCUT2D eigenvalue weighted by molar-refractivity contribution is -0.131. The lowest BCUT2D eigenvalue weighted by atomic mass is 10.1. The highest BCUT2D eigenvalue weighted by atomic mass is 16.4. The van der Waals surface area contributed by atoms with Gasteiger partial charge in [-0.3, -0.25) is 0 Å². The first-order valence-corrected chi connectivity index (χ1v) is 5.85. The lowest BCUT2D eigenvalue weighted by Crippen LogP contribution is -2.22. The van der Waals surface area contributed by atoms with Gasteiger partial charge in [0.15, 0.2) is 0 Å². The molecule has 1 aromatic rings. The highest BCUT2D eigenvalue weighted by molar-refractivity contribution is 5.85. The van der Waals surface area contributed by atoms with Crippen molar-refractivity contribution in [3.8, 4) is 0 Å². The number of hydrogen-bond acceptors (Lipinski definition) is 2. The topological polar surface area (TPSA) is 40.5 Å². The number of anilines is 1. The molecule has 0 saturated heterocycles. The molecule has 0 heterocycles. The van der Waals surface area contributed by atoms with Crippen molar-refractivity contribution in [2.24, 2.45) is 0 Å². The van der Waals surface area contributed by atoms with Crippen LogP contribution in [0.3, 0.4) is 0 Å². The van der Waals surface area contributed by atoms with Crippen molar-refractivity contribution in [2.75, 3.05) is 18.0 Å². The number of aliphatic carboxylic acids is 1. The monoisotopic (exact) mass is 233 g/mol. The van der Waals surface area contributed by atoms with E-state index in [2.05, 4.69) is 18.7 Å². The molecule has 0 amide bonds. The van der Waals surface area contributed by atoms with Gasteiger partial charge in [-0.25, -0.2) is 4.79 Å². The van der Waals surface area contributed by atoms with Crippen LogP contribution >= 0.6 is 0 Å². The summed E-state index contributed by atoms with van der Waals surface area (Å²) < 4.78 is 0. The molecule has 0 spiro atoms. The molecule has 0 aromatic heterocycles. The van der Waals surface area contributed by atoms with E-state index < -0.39 is 5.97 Å². The largest absolute Gasteiger partial charge is 0.478 e. The van der Waals surface area contributed by atoms with Crippen LogP contribution in [0, 0.1) is 6.92 Å². The molecule has 0 aliphatic heterocycles. The fraction of sp³-hybridized carbons (Fsp3) is 0.357. The number of carboxylic acids is 1. The summed E-state index contributed by atoms with van der Waals surface area (Å²) in [6, 6.07) is 6.00. The third-order valence-electron chi connectivity index (χ3n) is 2.74. The van der Waals surface area contributed by atoms with Crippen molar-refractivity contribution >= 4 is 17.7 Å². The quantitative estimate of drug-likeness (QED) is 0.795. The molecular formula is C14H19NO2. The zero-order valence-electron chi connectivity index (χ0n) is 10.6. The van der Waals surface area contributed by atoms with E-state index in [1.54, 1.807) is 6.08 Å². The molecule has 0 aliphatic carbocycles. The SMILES string of the molecule is CCN(CC)c1ccc(/C=C/C(=O)O)cc1C. The second-order valence-electron chi connectivity index (χ2n) is 3.89. The number of carbonyl (C=O) groups is 1. The van der Waals surface area contributed by atoms with Gasteiger partial charge in [-0.2, -0.15) is 0 Å². The van der Waals surface area contributed by atoms with Crippen LogP contribution in [0.25, 0.3) is 6.08 Å². The van der Waals surface area contributed by atoms with Gasteiger partial charge < -0.3 is 10.0 Å². The van der Waals surface area contributed by atoms with Crippen LogP contribution in [0.2, 0.25) is 0 Å². The van der Waals surface area contributed by atoms with Gasteiger partial charge in [0.05, 0.1) is 0 Å². The first kappa shape index (κ1) is 13.3. The smallest absolute Gasteiger partial charge is 0.328 e. The molecule has 0 saturated carbocycles. The van der Waals surface area contributed by atoms with E-state index in [0.717, 1.165) is 24.7 Å². The molecule has 0 aliphatic rings. The van der Waals surface area contributed by atoms with E-state index in [1.165, 1.54) is 11.3 Å². The number of hydrogen-bond donors (Lipinski definition) is 1. The summed E-state index contributed by atoms with van der Waals surface area (Å²) >= 11 is 0. The van der Waals surface area contributed by atoms with Gasteiger partial charge in [-0.1, -0.05) is 6.07 Å². The van der Waals surface area contributed by atoms with Gasteiger partial charge in [0, 0.05) is 24.9 Å². The van der Waals surface area contributed by atoms with Gasteiger partial charge in [-0.05, 0) is 50.1 Å². The standard InChI is InChI=1S/C14H19NO2/c1-4-15(5-2)13-8-6-12(10-11(13)3)7-9-14(16)17/h6-10H,4-5H2,1-3H3,(H,16,17)/b9-7+. The van der Waals surface area contributed by atoms with Gasteiger partial charge in [0.1, 0.15) is 0 Å². The van der Waals surface area contributed by atoms with E-state index in [-0.39, 0.29) is 0 Å². The highest BCUT2D eigenvalue weighted by Gasteiger charge is 2.05. The Balaban J connectivity index is 2.97. The Morgan fingerprint density at radius 3 is 2.47 bits per heavy atom. The van der Waals surface area contributed by atoms with Crippen molar-refractivity contribution in [3.05, 3.63) is 35.4 Å².